The molecule has 1 aliphatic heterocycles. The number of fused-ring (bicyclic) bond motifs is 1. The van der Waals surface area contributed by atoms with Crippen LogP contribution in [0.1, 0.15) is 115 Å². The molecule has 14 atom stereocenters. The van der Waals surface area contributed by atoms with Crippen LogP contribution in [-0.2, 0) is 107 Å². The van der Waals surface area contributed by atoms with E-state index in [-0.39, 0.29) is 44.6 Å². The number of aliphatic hydroxyl groups excluding tert-OH is 1. The number of hydrogen-bond acceptors (Lipinski definition) is 22. The van der Waals surface area contributed by atoms with E-state index in [1.807, 2.05) is 0 Å². The first kappa shape index (κ1) is 90.2. The van der Waals surface area contributed by atoms with Gasteiger partial charge in [-0.15, -0.1) is 0 Å². The number of carboxylic acids is 4. The third-order valence-electron chi connectivity index (χ3n) is 17.6. The Kier molecular flexibility index (Phi) is 36.2. The summed E-state index contributed by atoms with van der Waals surface area (Å²) >= 11 is 0. The number of aromatic nitrogens is 2. The van der Waals surface area contributed by atoms with Crippen LogP contribution in [-0.4, -0.2) is 239 Å². The summed E-state index contributed by atoms with van der Waals surface area (Å²) in [7, 11) is 0. The Bertz CT molecular complexity index is 3790. The maximum atomic E-state index is 15.0. The van der Waals surface area contributed by atoms with Crippen LogP contribution in [0.25, 0.3) is 0 Å². The van der Waals surface area contributed by atoms with Gasteiger partial charge < -0.3 is 117 Å². The number of aromatic amines is 1. The molecule has 0 saturated carbocycles. The number of hydrogen-bond donors (Lipinski definition) is 23. The zero-order chi connectivity index (χ0) is 82.2. The van der Waals surface area contributed by atoms with Crippen LogP contribution in [0.3, 0.4) is 0 Å². The number of nitrogens with zero attached hydrogens (tertiary/aromatic N) is 2. The Labute approximate surface area is 629 Å². The number of carbonyl (C=O) groups is 17. The zero-order valence-electron chi connectivity index (χ0n) is 61.0. The molecule has 3 aromatic rings. The van der Waals surface area contributed by atoms with Crippen molar-refractivity contribution in [1.82, 2.24) is 78.7 Å². The SMILES string of the molecule is CC[C@H](C)[C@H](N)C(=O)N[C@@H](CO)C(=O)N[C@@H](CCC(=O)O)C(=O)N[C@H](C(=O)N[C@@H](CC(N)=O)C(=O)N[C@H](C(=O)N[C@@H](CC(=O)O)C(=O)N[C@@H](C)C(=O)N[C@@H](CCC(=O)O)C(=O)N[C@@H](Cc1ccccc1)C(=O)N[C@@H](CCCNC(=N)N)C(=O)N[C@@H](Cc1cnc[nH]1)C(N)=O)N1Cc2ccccc2C[C@H]1C(=O)O)C(C)C. The van der Waals surface area contributed by atoms with Gasteiger partial charge in [0.1, 0.15) is 66.5 Å². The van der Waals surface area contributed by atoms with E-state index in [9.17, 15) is 107 Å². The van der Waals surface area contributed by atoms with Crippen molar-refractivity contribution in [2.24, 2.45) is 34.8 Å². The van der Waals surface area contributed by atoms with E-state index >= 15 is 0 Å². The van der Waals surface area contributed by atoms with Gasteiger partial charge in [0.05, 0.1) is 31.8 Å². The number of nitrogens with one attached hydrogen (secondary N) is 14. The first-order chi connectivity index (χ1) is 51.8. The Morgan fingerprint density at radius 1 is 0.545 bits per heavy atom. The minimum Gasteiger partial charge on any atom is -0.481 e. The average Bonchev–Trinajstić information content (AvgIpc) is 0.811. The summed E-state index contributed by atoms with van der Waals surface area (Å²) in [5.74, 6) is -23.5. The first-order valence-electron chi connectivity index (χ1n) is 34.9. The summed E-state index contributed by atoms with van der Waals surface area (Å²) < 4.78 is 0. The minimum absolute atomic E-state index is 0.0297. The molecular weight excluding hydrogens is 1450 g/mol. The molecule has 0 aliphatic carbocycles. The predicted molar refractivity (Wildman–Crippen MR) is 384 cm³/mol. The van der Waals surface area contributed by atoms with Crippen LogP contribution in [0.2, 0.25) is 0 Å². The third kappa shape index (κ3) is 29.5. The molecule has 42 heteroatoms. The van der Waals surface area contributed by atoms with Crippen LogP contribution in [0.4, 0.5) is 0 Å². The highest BCUT2D eigenvalue weighted by atomic mass is 16.4. The lowest BCUT2D eigenvalue weighted by atomic mass is 9.93. The molecule has 0 spiro atoms. The number of primary amides is 2. The van der Waals surface area contributed by atoms with Gasteiger partial charge in [0.15, 0.2) is 12.1 Å². The van der Waals surface area contributed by atoms with Crippen LogP contribution >= 0.6 is 0 Å². The van der Waals surface area contributed by atoms with Gasteiger partial charge in [0.25, 0.3) is 5.91 Å². The molecule has 110 heavy (non-hydrogen) atoms. The molecule has 602 valence electrons. The van der Waals surface area contributed by atoms with Gasteiger partial charge >= 0.3 is 23.9 Å². The van der Waals surface area contributed by atoms with Crippen LogP contribution in [0.5, 0.6) is 0 Å². The number of benzene rings is 2. The normalized spacial score (nSPS) is 16.0. The third-order valence-corrected chi connectivity index (χ3v) is 17.6. The molecule has 0 radical (unpaired) electrons. The highest BCUT2D eigenvalue weighted by Gasteiger charge is 2.44. The number of rotatable bonds is 47. The molecule has 1 aromatic heterocycles. The first-order valence-corrected chi connectivity index (χ1v) is 34.9. The van der Waals surface area contributed by atoms with Gasteiger partial charge in [-0.1, -0.05) is 88.7 Å². The average molecular weight is 1550 g/mol. The number of amides is 13. The van der Waals surface area contributed by atoms with Crippen molar-refractivity contribution in [2.45, 2.75) is 197 Å². The second-order valence-electron chi connectivity index (χ2n) is 26.4. The summed E-state index contributed by atoms with van der Waals surface area (Å²) in [6, 6.07) is -6.34. The minimum atomic E-state index is -2.31. The van der Waals surface area contributed by atoms with Crippen LogP contribution in [0, 0.1) is 17.2 Å². The van der Waals surface area contributed by atoms with Gasteiger partial charge in [-0.05, 0) is 67.6 Å². The maximum absolute atomic E-state index is 15.0. The number of guanidine groups is 1. The highest BCUT2D eigenvalue weighted by Crippen LogP contribution is 2.26. The summed E-state index contributed by atoms with van der Waals surface area (Å²) in [6.07, 6.45) is -5.30. The Morgan fingerprint density at radius 3 is 1.56 bits per heavy atom. The lowest BCUT2D eigenvalue weighted by Crippen LogP contribution is -2.66. The number of carbonyl (C=O) groups excluding carboxylic acids is 13. The van der Waals surface area contributed by atoms with E-state index < -0.39 is 243 Å². The number of carboxylic acid groups (broad SMARTS) is 4. The van der Waals surface area contributed by atoms with E-state index in [0.717, 1.165) is 11.8 Å². The molecule has 2 aromatic carbocycles. The number of aliphatic carboxylic acids is 4. The van der Waals surface area contributed by atoms with Gasteiger partial charge in [-0.25, -0.2) is 4.98 Å². The van der Waals surface area contributed by atoms with E-state index in [0.29, 0.717) is 28.8 Å². The topological polar surface area (TPSA) is 696 Å². The standard InChI is InChI=1S/C68H98N20O22/c1-6-33(4)52(70)64(106)85-46(30-89)63(105)80-41(19-21-50(93)94)59(101)86-53(32(2)3)65(107)83-44(26-48(69)90)62(104)87-55(88-29-37-16-11-10-15-36(37)24-47(88)67(109)110)66(108)84-45(27-51(95)96)60(102)77-34(5)56(98)78-40(18-20-49(91)92)58(100)82-43(23-35-13-8-7-9-14-35)61(103)79-39(17-12-22-75-68(72)73)57(99)81-42(54(71)97)25-38-28-74-31-76-38/h7-11,13-16,28,31-34,39-47,52-53,55,89H,6,12,17-27,29-30,70H2,1-5H3,(H2,69,90)(H2,71,97)(H,74,76)(H,77,102)(H,78,98)(H,79,103)(H,80,105)(H,81,99)(H,82,100)(H,83,107)(H,84,108)(H,85,106)(H,86,101)(H,87,104)(H,91,92)(H,93,94)(H,95,96)(H,109,110)(H4,72,73,75)/t33-,34-,39-,40-,41-,42-,43-,44-,45-,46-,47-,52-,53-,55-/m0/s1. The Hall–Kier alpha value is -12.2. The molecule has 2 heterocycles. The fourth-order valence-electron chi connectivity index (χ4n) is 11.2. The molecule has 42 nitrogen and oxygen atoms in total. The summed E-state index contributed by atoms with van der Waals surface area (Å²) in [6.45, 7) is 5.73. The second kappa shape index (κ2) is 44.2. The maximum Gasteiger partial charge on any atom is 0.321 e. The number of nitrogens with two attached hydrogens (primary N) is 4. The molecule has 4 rings (SSSR count). The molecule has 0 bridgehead atoms. The van der Waals surface area contributed by atoms with Crippen molar-refractivity contribution >= 4 is 107 Å². The van der Waals surface area contributed by atoms with Crippen molar-refractivity contribution in [3.63, 3.8) is 0 Å². The molecule has 0 unspecified atom stereocenters. The van der Waals surface area contributed by atoms with E-state index in [2.05, 4.69) is 73.8 Å². The number of aliphatic hydroxyl groups is 1. The number of imidazole rings is 1. The fraction of sp³-hybridized carbons (Fsp3) is 0.515. The van der Waals surface area contributed by atoms with Crippen molar-refractivity contribution in [2.75, 3.05) is 13.2 Å². The van der Waals surface area contributed by atoms with E-state index in [1.54, 1.807) is 62.4 Å². The van der Waals surface area contributed by atoms with E-state index in [1.165, 1.54) is 32.4 Å². The summed E-state index contributed by atoms with van der Waals surface area (Å²) in [5, 5.41) is 85.8. The Morgan fingerprint density at radius 2 is 1.04 bits per heavy atom. The van der Waals surface area contributed by atoms with Crippen LogP contribution < -0.4 is 86.7 Å². The van der Waals surface area contributed by atoms with Crippen molar-refractivity contribution in [3.8, 4) is 0 Å². The fourth-order valence-corrected chi connectivity index (χ4v) is 11.2. The van der Waals surface area contributed by atoms with Crippen molar-refractivity contribution < 1.29 is 107 Å². The highest BCUT2D eigenvalue weighted by molar-refractivity contribution is 6.01. The van der Waals surface area contributed by atoms with Crippen LogP contribution in [0.15, 0.2) is 67.1 Å². The number of H-pyrrole nitrogens is 1. The van der Waals surface area contributed by atoms with Gasteiger partial charge in [-0.2, -0.15) is 0 Å². The molecule has 1 aliphatic rings. The van der Waals surface area contributed by atoms with Gasteiger partial charge in [0.2, 0.25) is 70.9 Å². The summed E-state index contributed by atoms with van der Waals surface area (Å²) in [4.78, 5) is 238. The van der Waals surface area contributed by atoms with Crippen molar-refractivity contribution in [3.05, 3.63) is 89.5 Å². The predicted octanol–water partition coefficient (Wildman–Crippen LogP) is -7.13. The lowest BCUT2D eigenvalue weighted by molar-refractivity contribution is -0.150. The zero-order valence-corrected chi connectivity index (χ0v) is 61.0. The van der Waals surface area contributed by atoms with Gasteiger partial charge in [0, 0.05) is 50.7 Å². The van der Waals surface area contributed by atoms with Gasteiger partial charge in [-0.3, -0.25) is 91.8 Å². The Balaban J connectivity index is 1.66. The molecule has 13 amide bonds. The monoisotopic (exact) mass is 1550 g/mol. The van der Waals surface area contributed by atoms with Crippen molar-refractivity contribution in [1.29, 1.82) is 5.41 Å². The summed E-state index contributed by atoms with van der Waals surface area (Å²) in [5.41, 5.74) is 24.3. The quantitative estimate of drug-likeness (QED) is 0.0142. The lowest BCUT2D eigenvalue weighted by Gasteiger charge is -2.40. The molecule has 0 fully saturated rings. The largest absolute Gasteiger partial charge is 0.481 e. The second-order valence-corrected chi connectivity index (χ2v) is 26.4. The van der Waals surface area contributed by atoms with E-state index in [4.69, 9.17) is 28.3 Å². The molecular formula is C68H98N20O22. The molecule has 0 saturated heterocycles. The smallest absolute Gasteiger partial charge is 0.321 e. The molecule has 27 N–H and O–H groups in total.